The third-order valence-corrected chi connectivity index (χ3v) is 8.44. The highest BCUT2D eigenvalue weighted by atomic mass is 19.1. The maximum Gasteiger partial charge on any atom is 0.413 e. The maximum absolute atomic E-state index is 16.5. The van der Waals surface area contributed by atoms with Crippen LogP contribution >= 0.6 is 0 Å². The summed E-state index contributed by atoms with van der Waals surface area (Å²) in [5, 5.41) is 15.5. The van der Waals surface area contributed by atoms with Gasteiger partial charge in [0.15, 0.2) is 5.82 Å². The Balaban J connectivity index is 1.28. The van der Waals surface area contributed by atoms with Crippen molar-refractivity contribution < 1.29 is 47.6 Å². The zero-order valence-corrected chi connectivity index (χ0v) is 28.7. The molecular formula is C34H39FN6O9. The maximum atomic E-state index is 16.5. The number of hydrogen-bond acceptors (Lipinski definition) is 10. The molecule has 1 aromatic carbocycles. The molecule has 3 aliphatic rings. The highest BCUT2D eigenvalue weighted by Crippen LogP contribution is 2.48. The van der Waals surface area contributed by atoms with E-state index in [-0.39, 0.29) is 70.7 Å². The Morgan fingerprint density at radius 2 is 1.62 bits per heavy atom. The summed E-state index contributed by atoms with van der Waals surface area (Å²) >= 11 is 0. The zero-order valence-electron chi connectivity index (χ0n) is 28.7. The van der Waals surface area contributed by atoms with Crippen LogP contribution in [0, 0.1) is 24.6 Å². The number of aromatic nitrogens is 2. The van der Waals surface area contributed by atoms with E-state index in [1.807, 2.05) is 0 Å². The fraction of sp³-hybridized carbons (Fsp3) is 0.471. The van der Waals surface area contributed by atoms with Gasteiger partial charge in [0.1, 0.15) is 35.4 Å². The minimum absolute atomic E-state index is 0.000712. The van der Waals surface area contributed by atoms with E-state index in [2.05, 4.69) is 20.6 Å². The molecule has 1 saturated carbocycles. The Hall–Kier alpha value is -5.41. The molecule has 3 atom stereocenters. The lowest BCUT2D eigenvalue weighted by molar-refractivity contribution is 0.0244. The number of halogens is 1. The topological polar surface area (TPSA) is 182 Å². The van der Waals surface area contributed by atoms with Crippen molar-refractivity contribution >= 4 is 52.3 Å². The average molecular weight is 695 g/mol. The first-order valence-electron chi connectivity index (χ1n) is 16.1. The molecule has 2 fully saturated rings. The Kier molecular flexibility index (Phi) is 8.60. The van der Waals surface area contributed by atoms with Gasteiger partial charge in [-0.1, -0.05) is 0 Å². The van der Waals surface area contributed by atoms with Crippen molar-refractivity contribution in [2.75, 3.05) is 41.8 Å². The Morgan fingerprint density at radius 1 is 0.940 bits per heavy atom. The summed E-state index contributed by atoms with van der Waals surface area (Å²) in [6, 6.07) is 2.98. The SMILES string of the molecule is Cc1c(-c2cc3cc(NC(=O)O[C@H]4[C@@H]5CN(C(=O)OC(C)(C)C)C[C@@H]54)ncc3c(NC(=O)OC(C)(C)C)c2F)cnc2c1N(C(=O)O)CCO2. The number of hydrogen-bond donors (Lipinski definition) is 3. The van der Waals surface area contributed by atoms with Crippen molar-refractivity contribution in [2.45, 2.75) is 65.8 Å². The van der Waals surface area contributed by atoms with Crippen molar-refractivity contribution in [3.63, 3.8) is 0 Å². The number of amides is 4. The number of ether oxygens (including phenoxy) is 4. The molecule has 266 valence electrons. The number of anilines is 3. The molecule has 0 spiro atoms. The van der Waals surface area contributed by atoms with Gasteiger partial charge in [-0.3, -0.25) is 15.5 Å². The molecule has 0 unspecified atom stereocenters. The molecule has 2 aromatic heterocycles. The van der Waals surface area contributed by atoms with E-state index < -0.39 is 41.4 Å². The van der Waals surface area contributed by atoms with Crippen LogP contribution in [-0.4, -0.2) is 87.9 Å². The predicted octanol–water partition coefficient (Wildman–Crippen LogP) is 6.38. The number of rotatable bonds is 4. The third-order valence-electron chi connectivity index (χ3n) is 8.44. The summed E-state index contributed by atoms with van der Waals surface area (Å²) < 4.78 is 38.5. The van der Waals surface area contributed by atoms with Gasteiger partial charge in [-0.15, -0.1) is 0 Å². The molecule has 1 aliphatic carbocycles. The van der Waals surface area contributed by atoms with Crippen LogP contribution in [0.2, 0.25) is 0 Å². The van der Waals surface area contributed by atoms with E-state index in [1.165, 1.54) is 24.5 Å². The standard InChI is InChI=1S/C34H39FN6O9/c1-16-19(12-37-28-26(16)41(31(44)45)8-9-47-28)18-10-17-11-23(36-13-20(17)25(24(18)35)39-30(43)49-33(2,3)4)38-29(42)48-27-21-14-40(15-22(21)27)32(46)50-34(5,6)7/h10-13,21-22,27H,8-9,14-15H2,1-7H3,(H,39,43)(H,44,45)(H,36,38,42)/t21-,22+,27+. The smallest absolute Gasteiger partial charge is 0.413 e. The van der Waals surface area contributed by atoms with Gasteiger partial charge in [0.25, 0.3) is 0 Å². The molecule has 3 aromatic rings. The van der Waals surface area contributed by atoms with E-state index >= 15 is 4.39 Å². The predicted molar refractivity (Wildman–Crippen MR) is 179 cm³/mol. The Labute approximate surface area is 287 Å². The number of nitrogens with zero attached hydrogens (tertiary/aromatic N) is 4. The number of fused-ring (bicyclic) bond motifs is 3. The number of likely N-dealkylation sites (tertiary alicyclic amines) is 1. The lowest BCUT2D eigenvalue weighted by Gasteiger charge is -2.29. The first-order chi connectivity index (χ1) is 23.4. The number of pyridine rings is 2. The van der Waals surface area contributed by atoms with E-state index in [0.717, 1.165) is 4.90 Å². The zero-order chi connectivity index (χ0) is 36.3. The number of benzene rings is 1. The monoisotopic (exact) mass is 694 g/mol. The second kappa shape index (κ2) is 12.5. The van der Waals surface area contributed by atoms with E-state index in [4.69, 9.17) is 18.9 Å². The lowest BCUT2D eigenvalue weighted by Crippen LogP contribution is -2.38. The molecule has 6 rings (SSSR count). The summed E-state index contributed by atoms with van der Waals surface area (Å²) in [5.41, 5.74) is -0.922. The van der Waals surface area contributed by atoms with Gasteiger partial charge in [0, 0.05) is 53.8 Å². The molecule has 3 N–H and O–H groups in total. The summed E-state index contributed by atoms with van der Waals surface area (Å²) in [7, 11) is 0. The van der Waals surface area contributed by atoms with E-state index in [1.54, 1.807) is 53.4 Å². The van der Waals surface area contributed by atoms with Crippen molar-refractivity contribution in [3.05, 3.63) is 35.9 Å². The third kappa shape index (κ3) is 7.00. The van der Waals surface area contributed by atoms with Gasteiger partial charge < -0.3 is 29.0 Å². The Morgan fingerprint density at radius 3 is 2.26 bits per heavy atom. The van der Waals surface area contributed by atoms with Crippen LogP contribution in [0.15, 0.2) is 24.5 Å². The molecule has 1 saturated heterocycles. The highest BCUT2D eigenvalue weighted by molar-refractivity contribution is 6.05. The van der Waals surface area contributed by atoms with Gasteiger partial charge in [0.05, 0.1) is 12.2 Å². The minimum atomic E-state index is -1.22. The summed E-state index contributed by atoms with van der Waals surface area (Å²) in [6.45, 7) is 13.0. The molecular weight excluding hydrogens is 655 g/mol. The minimum Gasteiger partial charge on any atom is -0.474 e. The number of piperidine rings is 1. The summed E-state index contributed by atoms with van der Waals surface area (Å²) in [5.74, 6) is -0.647. The van der Waals surface area contributed by atoms with Crippen LogP contribution in [0.4, 0.5) is 40.8 Å². The molecule has 4 heterocycles. The van der Waals surface area contributed by atoms with Crippen molar-refractivity contribution in [1.82, 2.24) is 14.9 Å². The van der Waals surface area contributed by atoms with E-state index in [9.17, 15) is 24.3 Å². The quantitative estimate of drug-likeness (QED) is 0.258. The fourth-order valence-corrected chi connectivity index (χ4v) is 6.24. The van der Waals surface area contributed by atoms with Crippen molar-refractivity contribution in [2.24, 2.45) is 11.8 Å². The van der Waals surface area contributed by atoms with Crippen molar-refractivity contribution in [1.29, 1.82) is 0 Å². The lowest BCUT2D eigenvalue weighted by atomic mass is 9.96. The van der Waals surface area contributed by atoms with Gasteiger partial charge in [-0.25, -0.2) is 33.5 Å². The van der Waals surface area contributed by atoms with Crippen LogP contribution in [0.5, 0.6) is 5.88 Å². The molecule has 0 radical (unpaired) electrons. The van der Waals surface area contributed by atoms with Gasteiger partial charge in [-0.2, -0.15) is 0 Å². The molecule has 15 nitrogen and oxygen atoms in total. The second-order valence-corrected chi connectivity index (χ2v) is 14.5. The van der Waals surface area contributed by atoms with Crippen LogP contribution in [0.3, 0.4) is 0 Å². The molecule has 2 aliphatic heterocycles. The van der Waals surface area contributed by atoms with Crippen LogP contribution in [0.25, 0.3) is 21.9 Å². The number of carboxylic acid groups (broad SMARTS) is 1. The largest absolute Gasteiger partial charge is 0.474 e. The van der Waals surface area contributed by atoms with Gasteiger partial charge in [0.2, 0.25) is 5.88 Å². The molecule has 4 amide bonds. The first kappa shape index (κ1) is 34.5. The molecule has 0 bridgehead atoms. The summed E-state index contributed by atoms with van der Waals surface area (Å²) in [6.07, 6.45) is -0.981. The Bertz CT molecular complexity index is 1890. The van der Waals surface area contributed by atoms with Gasteiger partial charge >= 0.3 is 24.4 Å². The highest BCUT2D eigenvalue weighted by Gasteiger charge is 2.60. The normalized spacial score (nSPS) is 19.6. The molecule has 16 heteroatoms. The van der Waals surface area contributed by atoms with Crippen LogP contribution in [-0.2, 0) is 14.2 Å². The first-order valence-corrected chi connectivity index (χ1v) is 16.1. The average Bonchev–Trinajstić information content (AvgIpc) is 3.41. The van der Waals surface area contributed by atoms with Gasteiger partial charge in [-0.05, 0) is 71.5 Å². The van der Waals surface area contributed by atoms with Crippen molar-refractivity contribution in [3.8, 4) is 17.0 Å². The number of nitrogens with one attached hydrogen (secondary N) is 2. The summed E-state index contributed by atoms with van der Waals surface area (Å²) in [4.78, 5) is 61.4. The van der Waals surface area contributed by atoms with E-state index in [0.29, 0.717) is 24.0 Å². The fourth-order valence-electron chi connectivity index (χ4n) is 6.24. The second-order valence-electron chi connectivity index (χ2n) is 14.5. The van der Waals surface area contributed by atoms with Crippen LogP contribution in [0.1, 0.15) is 47.1 Å². The van der Waals surface area contributed by atoms with Crippen LogP contribution < -0.4 is 20.3 Å². The number of carbonyl (C=O) groups excluding carboxylic acids is 3. The molecule has 50 heavy (non-hydrogen) atoms. The number of carbonyl (C=O) groups is 4.